The number of benzene rings is 1. The van der Waals surface area contributed by atoms with Crippen molar-refractivity contribution in [3.05, 3.63) is 29.8 Å². The molecule has 0 aromatic heterocycles. The molecule has 1 atom stereocenters. The number of aromatic hydroxyl groups is 1. The minimum Gasteiger partial charge on any atom is -0.508 e. The van der Waals surface area contributed by atoms with Crippen LogP contribution in [0.3, 0.4) is 0 Å². The Kier molecular flexibility index (Phi) is 6.96. The number of ether oxygens (including phenoxy) is 2. The molecule has 0 radical (unpaired) electrons. The Bertz CT molecular complexity index is 638. The molecular weight excluding hydrogens is 356 g/mol. The van der Waals surface area contributed by atoms with Gasteiger partial charge < -0.3 is 19.5 Å². The van der Waals surface area contributed by atoms with E-state index in [0.717, 1.165) is 58.7 Å². The molecule has 2 heterocycles. The summed E-state index contributed by atoms with van der Waals surface area (Å²) in [7, 11) is 1.74. The van der Waals surface area contributed by atoms with Gasteiger partial charge in [-0.3, -0.25) is 9.69 Å². The molecule has 0 unspecified atom stereocenters. The standard InChI is InChI=1S/C22H34N2O4/c1-17(2)24(12-13-27-3)15-20-14-22(16-28-20)8-10-23(11-9-22)21(26)18-4-6-19(25)7-5-18/h4-7,17,20,25H,8-16H2,1-3H3/t20-/m0/s1. The number of nitrogens with zero attached hydrogens (tertiary/aromatic N) is 2. The molecule has 156 valence electrons. The van der Waals surface area contributed by atoms with Crippen molar-refractivity contribution in [2.75, 3.05) is 46.5 Å². The lowest BCUT2D eigenvalue weighted by molar-refractivity contribution is 0.0366. The molecule has 2 aliphatic heterocycles. The molecule has 1 aromatic rings. The van der Waals surface area contributed by atoms with Crippen LogP contribution in [0.1, 0.15) is 43.5 Å². The van der Waals surface area contributed by atoms with Gasteiger partial charge in [0.05, 0.1) is 19.3 Å². The third-order valence-electron chi connectivity index (χ3n) is 6.26. The molecular formula is C22H34N2O4. The second kappa shape index (κ2) is 9.25. The van der Waals surface area contributed by atoms with Crippen molar-refractivity contribution in [3.8, 4) is 5.75 Å². The average molecular weight is 391 g/mol. The summed E-state index contributed by atoms with van der Waals surface area (Å²) in [5.41, 5.74) is 0.848. The second-order valence-corrected chi connectivity index (χ2v) is 8.56. The first kappa shape index (κ1) is 21.1. The van der Waals surface area contributed by atoms with Gasteiger partial charge in [-0.2, -0.15) is 0 Å². The summed E-state index contributed by atoms with van der Waals surface area (Å²) in [5, 5.41) is 9.41. The van der Waals surface area contributed by atoms with E-state index in [1.165, 1.54) is 0 Å². The van der Waals surface area contributed by atoms with Crippen LogP contribution in [0.4, 0.5) is 0 Å². The van der Waals surface area contributed by atoms with Crippen molar-refractivity contribution < 1.29 is 19.4 Å². The van der Waals surface area contributed by atoms with E-state index in [9.17, 15) is 9.90 Å². The molecule has 2 fully saturated rings. The monoisotopic (exact) mass is 390 g/mol. The van der Waals surface area contributed by atoms with E-state index in [1.807, 2.05) is 4.90 Å². The smallest absolute Gasteiger partial charge is 0.253 e. The molecule has 6 nitrogen and oxygen atoms in total. The Morgan fingerprint density at radius 2 is 2.00 bits per heavy atom. The summed E-state index contributed by atoms with van der Waals surface area (Å²) in [4.78, 5) is 17.1. The van der Waals surface area contributed by atoms with Crippen LogP contribution in [0, 0.1) is 5.41 Å². The number of methoxy groups -OCH3 is 1. The van der Waals surface area contributed by atoms with Crippen molar-refractivity contribution in [1.82, 2.24) is 9.80 Å². The Morgan fingerprint density at radius 3 is 2.61 bits per heavy atom. The molecule has 2 saturated heterocycles. The Balaban J connectivity index is 1.51. The summed E-state index contributed by atoms with van der Waals surface area (Å²) < 4.78 is 11.4. The topological polar surface area (TPSA) is 62.2 Å². The first-order valence-electron chi connectivity index (χ1n) is 10.4. The first-order valence-corrected chi connectivity index (χ1v) is 10.4. The number of piperidine rings is 1. The van der Waals surface area contributed by atoms with Crippen LogP contribution in [-0.4, -0.2) is 79.5 Å². The number of hydrogen-bond donors (Lipinski definition) is 1. The molecule has 2 aliphatic rings. The van der Waals surface area contributed by atoms with Crippen molar-refractivity contribution >= 4 is 5.91 Å². The number of carbonyl (C=O) groups excluding carboxylic acids is 1. The van der Waals surface area contributed by atoms with Gasteiger partial charge in [0.15, 0.2) is 0 Å². The van der Waals surface area contributed by atoms with E-state index in [1.54, 1.807) is 31.4 Å². The third-order valence-corrected chi connectivity index (χ3v) is 6.26. The highest BCUT2D eigenvalue weighted by Crippen LogP contribution is 2.42. The maximum atomic E-state index is 12.7. The highest BCUT2D eigenvalue weighted by atomic mass is 16.5. The molecule has 0 aliphatic carbocycles. The number of amides is 1. The van der Waals surface area contributed by atoms with Crippen LogP contribution >= 0.6 is 0 Å². The zero-order chi connectivity index (χ0) is 20.1. The van der Waals surface area contributed by atoms with Crippen LogP contribution < -0.4 is 0 Å². The lowest BCUT2D eigenvalue weighted by Gasteiger charge is -2.38. The van der Waals surface area contributed by atoms with E-state index in [-0.39, 0.29) is 23.2 Å². The van der Waals surface area contributed by atoms with Gasteiger partial charge in [0, 0.05) is 44.9 Å². The first-order chi connectivity index (χ1) is 13.4. The number of hydrogen-bond acceptors (Lipinski definition) is 5. The van der Waals surface area contributed by atoms with Gasteiger partial charge in [0.25, 0.3) is 5.91 Å². The number of phenolic OH excluding ortho intramolecular Hbond substituents is 1. The summed E-state index contributed by atoms with van der Waals surface area (Å²) in [6.45, 7) is 9.39. The molecule has 3 rings (SSSR count). The number of likely N-dealkylation sites (tertiary alicyclic amines) is 1. The molecule has 28 heavy (non-hydrogen) atoms. The van der Waals surface area contributed by atoms with Gasteiger partial charge in [-0.1, -0.05) is 0 Å². The SMILES string of the molecule is COCCN(C[C@@H]1CC2(CCN(C(=O)c3ccc(O)cc3)CC2)CO1)C(C)C. The van der Waals surface area contributed by atoms with Crippen molar-refractivity contribution in [2.45, 2.75) is 45.3 Å². The molecule has 6 heteroatoms. The fourth-order valence-electron chi connectivity index (χ4n) is 4.36. The molecule has 0 saturated carbocycles. The van der Waals surface area contributed by atoms with Gasteiger partial charge in [0.1, 0.15) is 5.75 Å². The fraction of sp³-hybridized carbons (Fsp3) is 0.682. The van der Waals surface area contributed by atoms with Gasteiger partial charge in [-0.25, -0.2) is 0 Å². The number of carbonyl (C=O) groups is 1. The fourth-order valence-corrected chi connectivity index (χ4v) is 4.36. The maximum Gasteiger partial charge on any atom is 0.253 e. The number of rotatable bonds is 7. The van der Waals surface area contributed by atoms with Crippen LogP contribution in [0.2, 0.25) is 0 Å². The molecule has 0 bridgehead atoms. The highest BCUT2D eigenvalue weighted by molar-refractivity contribution is 5.94. The minimum absolute atomic E-state index is 0.0517. The molecule has 1 aromatic carbocycles. The Labute approximate surface area is 168 Å². The maximum absolute atomic E-state index is 12.7. The lowest BCUT2D eigenvalue weighted by atomic mass is 9.76. The summed E-state index contributed by atoms with van der Waals surface area (Å²) in [6, 6.07) is 6.99. The minimum atomic E-state index is 0.0517. The second-order valence-electron chi connectivity index (χ2n) is 8.56. The van der Waals surface area contributed by atoms with E-state index in [2.05, 4.69) is 18.7 Å². The highest BCUT2D eigenvalue weighted by Gasteiger charge is 2.43. The van der Waals surface area contributed by atoms with E-state index < -0.39 is 0 Å². The van der Waals surface area contributed by atoms with Crippen molar-refractivity contribution in [3.63, 3.8) is 0 Å². The lowest BCUT2D eigenvalue weighted by Crippen LogP contribution is -2.44. The van der Waals surface area contributed by atoms with Gasteiger partial charge in [-0.15, -0.1) is 0 Å². The molecule has 1 N–H and O–H groups in total. The van der Waals surface area contributed by atoms with E-state index in [0.29, 0.717) is 11.6 Å². The largest absolute Gasteiger partial charge is 0.508 e. The van der Waals surface area contributed by atoms with E-state index in [4.69, 9.17) is 9.47 Å². The molecule has 1 spiro atoms. The van der Waals surface area contributed by atoms with Crippen molar-refractivity contribution in [2.24, 2.45) is 5.41 Å². The Hall–Kier alpha value is -1.63. The normalized spacial score (nSPS) is 21.8. The zero-order valence-electron chi connectivity index (χ0n) is 17.4. The van der Waals surface area contributed by atoms with Crippen molar-refractivity contribution in [1.29, 1.82) is 0 Å². The predicted octanol–water partition coefficient (Wildman–Crippen LogP) is 2.76. The summed E-state index contributed by atoms with van der Waals surface area (Å²) in [6.07, 6.45) is 3.32. The van der Waals surface area contributed by atoms with Crippen LogP contribution in [0.25, 0.3) is 0 Å². The van der Waals surface area contributed by atoms with E-state index >= 15 is 0 Å². The average Bonchev–Trinajstić information content (AvgIpc) is 3.07. The summed E-state index contributed by atoms with van der Waals surface area (Å²) in [5.74, 6) is 0.236. The zero-order valence-corrected chi connectivity index (χ0v) is 17.4. The third kappa shape index (κ3) is 5.04. The predicted molar refractivity (Wildman–Crippen MR) is 109 cm³/mol. The van der Waals surface area contributed by atoms with Crippen LogP contribution in [0.15, 0.2) is 24.3 Å². The molecule has 1 amide bonds. The Morgan fingerprint density at radius 1 is 1.32 bits per heavy atom. The van der Waals surface area contributed by atoms with Crippen LogP contribution in [0.5, 0.6) is 5.75 Å². The van der Waals surface area contributed by atoms with Gasteiger partial charge in [0.2, 0.25) is 0 Å². The summed E-state index contributed by atoms with van der Waals surface area (Å²) >= 11 is 0. The van der Waals surface area contributed by atoms with Crippen LogP contribution in [-0.2, 0) is 9.47 Å². The van der Waals surface area contributed by atoms with Gasteiger partial charge in [-0.05, 0) is 62.8 Å². The quantitative estimate of drug-likeness (QED) is 0.776. The number of phenols is 1. The van der Waals surface area contributed by atoms with Gasteiger partial charge >= 0.3 is 0 Å².